The van der Waals surface area contributed by atoms with Gasteiger partial charge in [0.15, 0.2) is 0 Å². The summed E-state index contributed by atoms with van der Waals surface area (Å²) in [6.45, 7) is 2.81. The van der Waals surface area contributed by atoms with Gasteiger partial charge in [0.25, 0.3) is 0 Å². The van der Waals surface area contributed by atoms with Crippen molar-refractivity contribution in [3.8, 4) is 0 Å². The number of nitrogens with zero attached hydrogens (tertiary/aromatic N) is 3. The smallest absolute Gasteiger partial charge is 0.135 e. The van der Waals surface area contributed by atoms with Crippen LogP contribution in [-0.2, 0) is 4.74 Å². The molecule has 2 aliphatic rings. The van der Waals surface area contributed by atoms with E-state index in [-0.39, 0.29) is 0 Å². The van der Waals surface area contributed by atoms with Crippen LogP contribution in [0.2, 0.25) is 0 Å². The van der Waals surface area contributed by atoms with Gasteiger partial charge >= 0.3 is 0 Å². The summed E-state index contributed by atoms with van der Waals surface area (Å²) in [5.74, 6) is 3.23. The lowest BCUT2D eigenvalue weighted by molar-refractivity contribution is 0.0576. The zero-order chi connectivity index (χ0) is 13.2. The standard InChI is InChI=1S/C14H20BrN3O/c1-18(8-10-3-2-6-19-9-10)13-7-12(15)16-14(17-13)11-4-5-11/h7,10-11H,2-6,8-9H2,1H3. The molecule has 0 spiro atoms. The van der Waals surface area contributed by atoms with E-state index in [1.165, 1.54) is 25.7 Å². The second-order valence-corrected chi connectivity index (χ2v) is 6.46. The molecule has 2 heterocycles. The molecular weight excluding hydrogens is 306 g/mol. The van der Waals surface area contributed by atoms with Crippen LogP contribution in [0.15, 0.2) is 10.7 Å². The van der Waals surface area contributed by atoms with Crippen molar-refractivity contribution >= 4 is 21.7 Å². The normalized spacial score (nSPS) is 23.4. The van der Waals surface area contributed by atoms with Crippen LogP contribution < -0.4 is 4.90 Å². The molecule has 0 aromatic carbocycles. The third-order valence-corrected chi connectivity index (χ3v) is 4.23. The second-order valence-electron chi connectivity index (χ2n) is 5.65. The van der Waals surface area contributed by atoms with Gasteiger partial charge < -0.3 is 9.64 Å². The number of hydrogen-bond donors (Lipinski definition) is 0. The van der Waals surface area contributed by atoms with Gasteiger partial charge in [0, 0.05) is 32.2 Å². The summed E-state index contributed by atoms with van der Waals surface area (Å²) in [7, 11) is 2.11. The highest BCUT2D eigenvalue weighted by atomic mass is 79.9. The highest BCUT2D eigenvalue weighted by Gasteiger charge is 2.27. The van der Waals surface area contributed by atoms with Gasteiger partial charge in [-0.3, -0.25) is 0 Å². The van der Waals surface area contributed by atoms with Crippen LogP contribution in [0.5, 0.6) is 0 Å². The molecule has 3 rings (SSSR count). The summed E-state index contributed by atoms with van der Waals surface area (Å²) in [6, 6.07) is 2.01. The zero-order valence-corrected chi connectivity index (χ0v) is 12.9. The molecule has 5 heteroatoms. The van der Waals surface area contributed by atoms with Gasteiger partial charge in [0.2, 0.25) is 0 Å². The summed E-state index contributed by atoms with van der Waals surface area (Å²) < 4.78 is 6.44. The first-order valence-electron chi connectivity index (χ1n) is 7.06. The van der Waals surface area contributed by atoms with E-state index in [9.17, 15) is 0 Å². The SMILES string of the molecule is CN(CC1CCCOC1)c1cc(Br)nc(C2CC2)n1. The molecule has 0 amide bonds. The predicted octanol–water partition coefficient (Wildman–Crippen LogP) is 2.98. The third-order valence-electron chi connectivity index (χ3n) is 3.82. The molecule has 1 saturated heterocycles. The first-order chi connectivity index (χ1) is 9.22. The number of ether oxygens (including phenoxy) is 1. The van der Waals surface area contributed by atoms with Crippen LogP contribution in [0.3, 0.4) is 0 Å². The van der Waals surface area contributed by atoms with Gasteiger partial charge in [0.05, 0.1) is 6.61 Å². The van der Waals surface area contributed by atoms with Gasteiger partial charge in [-0.2, -0.15) is 0 Å². The molecule has 19 heavy (non-hydrogen) atoms. The van der Waals surface area contributed by atoms with Crippen molar-refractivity contribution in [2.45, 2.75) is 31.6 Å². The minimum absolute atomic E-state index is 0.586. The molecular formula is C14H20BrN3O. The molecule has 1 aromatic rings. The highest BCUT2D eigenvalue weighted by molar-refractivity contribution is 9.10. The lowest BCUT2D eigenvalue weighted by atomic mass is 10.0. The van der Waals surface area contributed by atoms with E-state index in [1.807, 2.05) is 6.07 Å². The van der Waals surface area contributed by atoms with E-state index in [0.29, 0.717) is 11.8 Å². The minimum atomic E-state index is 0.586. The molecule has 1 aliphatic carbocycles. The van der Waals surface area contributed by atoms with E-state index >= 15 is 0 Å². The second kappa shape index (κ2) is 5.75. The maximum absolute atomic E-state index is 5.55. The Morgan fingerprint density at radius 3 is 2.89 bits per heavy atom. The quantitative estimate of drug-likeness (QED) is 0.798. The molecule has 2 fully saturated rings. The molecule has 0 N–H and O–H groups in total. The number of halogens is 1. The summed E-state index contributed by atoms with van der Waals surface area (Å²) in [4.78, 5) is 11.4. The van der Waals surface area contributed by atoms with Crippen molar-refractivity contribution < 1.29 is 4.74 Å². The van der Waals surface area contributed by atoms with Crippen LogP contribution in [0.1, 0.15) is 37.4 Å². The first kappa shape index (κ1) is 13.3. The molecule has 1 aliphatic heterocycles. The Bertz CT molecular complexity index is 444. The van der Waals surface area contributed by atoms with Crippen LogP contribution in [0.4, 0.5) is 5.82 Å². The fourth-order valence-corrected chi connectivity index (χ4v) is 2.96. The van der Waals surface area contributed by atoms with Crippen LogP contribution >= 0.6 is 15.9 Å². The Morgan fingerprint density at radius 2 is 2.21 bits per heavy atom. The minimum Gasteiger partial charge on any atom is -0.381 e. The van der Waals surface area contributed by atoms with Crippen molar-refractivity contribution in [1.82, 2.24) is 9.97 Å². The average molecular weight is 326 g/mol. The Kier molecular flexibility index (Phi) is 4.03. The van der Waals surface area contributed by atoms with Gasteiger partial charge in [-0.25, -0.2) is 9.97 Å². The molecule has 0 bridgehead atoms. The number of rotatable bonds is 4. The molecule has 0 radical (unpaired) electrons. The van der Waals surface area contributed by atoms with E-state index < -0.39 is 0 Å². The fraction of sp³-hybridized carbons (Fsp3) is 0.714. The average Bonchev–Trinajstić information content (AvgIpc) is 3.23. The summed E-state index contributed by atoms with van der Waals surface area (Å²) >= 11 is 3.50. The van der Waals surface area contributed by atoms with E-state index in [2.05, 4.69) is 32.9 Å². The Balaban J connectivity index is 1.69. The Labute approximate surface area is 122 Å². The summed E-state index contributed by atoms with van der Waals surface area (Å²) in [5.41, 5.74) is 0. The number of hydrogen-bond acceptors (Lipinski definition) is 4. The molecule has 1 saturated carbocycles. The van der Waals surface area contributed by atoms with Crippen LogP contribution in [0, 0.1) is 5.92 Å². The van der Waals surface area contributed by atoms with Crippen molar-refractivity contribution in [1.29, 1.82) is 0 Å². The monoisotopic (exact) mass is 325 g/mol. The summed E-state index contributed by atoms with van der Waals surface area (Å²) in [5, 5.41) is 0. The molecule has 104 valence electrons. The maximum Gasteiger partial charge on any atom is 0.135 e. The fourth-order valence-electron chi connectivity index (χ4n) is 2.57. The summed E-state index contributed by atoms with van der Waals surface area (Å²) in [6.07, 6.45) is 4.90. The Morgan fingerprint density at radius 1 is 1.37 bits per heavy atom. The molecule has 4 nitrogen and oxygen atoms in total. The van der Waals surface area contributed by atoms with Gasteiger partial charge in [0.1, 0.15) is 16.2 Å². The molecule has 1 aromatic heterocycles. The van der Waals surface area contributed by atoms with Crippen molar-refractivity contribution in [3.63, 3.8) is 0 Å². The maximum atomic E-state index is 5.55. The topological polar surface area (TPSA) is 38.2 Å². The molecule has 1 atom stereocenters. The van der Waals surface area contributed by atoms with E-state index in [1.54, 1.807) is 0 Å². The highest BCUT2D eigenvalue weighted by Crippen LogP contribution is 2.39. The zero-order valence-electron chi connectivity index (χ0n) is 11.3. The van der Waals surface area contributed by atoms with Crippen LogP contribution in [-0.4, -0.2) is 36.8 Å². The van der Waals surface area contributed by atoms with Crippen molar-refractivity contribution in [3.05, 3.63) is 16.5 Å². The predicted molar refractivity (Wildman–Crippen MR) is 78.5 cm³/mol. The number of anilines is 1. The lowest BCUT2D eigenvalue weighted by Crippen LogP contribution is -2.31. The largest absolute Gasteiger partial charge is 0.381 e. The van der Waals surface area contributed by atoms with Gasteiger partial charge in [-0.15, -0.1) is 0 Å². The van der Waals surface area contributed by atoms with E-state index in [0.717, 1.165) is 36.0 Å². The van der Waals surface area contributed by atoms with Crippen molar-refractivity contribution in [2.75, 3.05) is 31.7 Å². The Hall–Kier alpha value is -0.680. The number of aromatic nitrogens is 2. The van der Waals surface area contributed by atoms with Crippen LogP contribution in [0.25, 0.3) is 0 Å². The van der Waals surface area contributed by atoms with Gasteiger partial charge in [-0.1, -0.05) is 0 Å². The van der Waals surface area contributed by atoms with E-state index in [4.69, 9.17) is 9.72 Å². The third kappa shape index (κ3) is 3.45. The first-order valence-corrected chi connectivity index (χ1v) is 7.85. The van der Waals surface area contributed by atoms with Gasteiger partial charge in [-0.05, 0) is 47.5 Å². The lowest BCUT2D eigenvalue weighted by Gasteiger charge is -2.28. The van der Waals surface area contributed by atoms with Crippen molar-refractivity contribution in [2.24, 2.45) is 5.92 Å². The molecule has 1 unspecified atom stereocenters.